The Morgan fingerprint density at radius 2 is 1.70 bits per heavy atom. The maximum atomic E-state index is 14.9. The normalized spacial score (nSPS) is 24.5. The average Bonchev–Trinajstić information content (AvgIpc) is 1.43. The Morgan fingerprint density at radius 1 is 0.908 bits per heavy atom. The van der Waals surface area contributed by atoms with Crippen molar-refractivity contribution in [3.63, 3.8) is 0 Å². The first-order valence-corrected chi connectivity index (χ1v) is 32.7. The van der Waals surface area contributed by atoms with E-state index in [2.05, 4.69) is 90.6 Å². The number of ether oxygens (including phenoxy) is 4. The van der Waals surface area contributed by atoms with Crippen LogP contribution in [0.1, 0.15) is 112 Å². The molecule has 13 rings (SSSR count). The van der Waals surface area contributed by atoms with E-state index >= 15 is 0 Å². The SMILES string of the molecule is Cc1ccccc1[C@@H]1CN(Cc2cnc(N3CCOCC3)c(OC(C)C)c2)CCN1C1CC2(CCN(c3ccc(C(=O)NS(=O)(=O)c4ccc(NCC5CCC(C)(O)CC5)c([N+](=O)[O-])c4)c(N4c5cc6cc[nH]c6nc5O[C@H]5COCC[C@@H]54)c3)CC2)C1. The van der Waals surface area contributed by atoms with Gasteiger partial charge in [-0.3, -0.25) is 24.7 Å². The van der Waals surface area contributed by atoms with E-state index in [1.165, 1.54) is 23.3 Å². The van der Waals surface area contributed by atoms with Gasteiger partial charge in [-0.15, -0.1) is 0 Å². The minimum Gasteiger partial charge on any atom is -0.487 e. The van der Waals surface area contributed by atoms with Crippen LogP contribution in [-0.4, -0.2) is 158 Å². The van der Waals surface area contributed by atoms with Gasteiger partial charge >= 0.3 is 0 Å². The number of nitro groups is 1. The van der Waals surface area contributed by atoms with Crippen LogP contribution in [-0.2, 0) is 26.0 Å². The molecule has 6 aromatic rings. The lowest BCUT2D eigenvalue weighted by molar-refractivity contribution is -0.384. The fourth-order valence-electron chi connectivity index (χ4n) is 14.7. The van der Waals surface area contributed by atoms with Crippen LogP contribution >= 0.6 is 0 Å². The number of rotatable bonds is 16. The number of nitrogens with one attached hydrogen (secondary N) is 3. The minimum absolute atomic E-state index is 0.0232. The summed E-state index contributed by atoms with van der Waals surface area (Å²) in [6.07, 6.45) is 11.0. The van der Waals surface area contributed by atoms with Gasteiger partial charge < -0.3 is 49.1 Å². The molecule has 6 fully saturated rings. The molecule has 1 amide bonds. The van der Waals surface area contributed by atoms with Gasteiger partial charge in [-0.1, -0.05) is 24.3 Å². The quantitative estimate of drug-likeness (QED) is 0.0522. The van der Waals surface area contributed by atoms with Crippen LogP contribution in [0.4, 0.5) is 34.3 Å². The molecule has 4 N–H and O–H groups in total. The number of pyridine rings is 2. The Balaban J connectivity index is 0.735. The number of carbonyl (C=O) groups is 1. The summed E-state index contributed by atoms with van der Waals surface area (Å²) in [4.78, 5) is 51.5. The number of aromatic nitrogens is 3. The predicted octanol–water partition coefficient (Wildman–Crippen LogP) is 9.27. The van der Waals surface area contributed by atoms with Crippen LogP contribution in [0.2, 0.25) is 0 Å². The van der Waals surface area contributed by atoms with E-state index in [0.717, 1.165) is 125 Å². The highest BCUT2D eigenvalue weighted by Crippen LogP contribution is 2.54. The molecular weight excluding hydrogens is 1130 g/mol. The van der Waals surface area contributed by atoms with E-state index in [1.54, 1.807) is 6.07 Å². The molecule has 87 heavy (non-hydrogen) atoms. The van der Waals surface area contributed by atoms with Crippen molar-refractivity contribution in [2.24, 2.45) is 11.3 Å². The number of sulfonamides is 1. The third-order valence-electron chi connectivity index (χ3n) is 19.6. The number of nitrogens with zero attached hydrogens (tertiary/aromatic N) is 8. The summed E-state index contributed by atoms with van der Waals surface area (Å²) >= 11 is 0. The number of morpholine rings is 1. The summed E-state index contributed by atoms with van der Waals surface area (Å²) < 4.78 is 55.5. The molecule has 3 atom stereocenters. The van der Waals surface area contributed by atoms with Gasteiger partial charge in [-0.25, -0.2) is 18.1 Å². The number of nitro benzene ring substituents is 1. The molecule has 2 aliphatic carbocycles. The molecule has 21 nitrogen and oxygen atoms in total. The number of piperidine rings is 1. The highest BCUT2D eigenvalue weighted by atomic mass is 32.2. The Kier molecular flexibility index (Phi) is 16.3. The van der Waals surface area contributed by atoms with Crippen LogP contribution in [0.3, 0.4) is 0 Å². The van der Waals surface area contributed by atoms with Crippen LogP contribution in [0.5, 0.6) is 11.6 Å². The standard InChI is InChI=1S/C65H81N11O10S/c1-42(2)85-58-31-45(38-68-61(58)73-26-29-83-30-27-73)39-71-24-25-74(57(40-71)50-8-6-5-7-43(50)3)48-35-65(36-48)19-22-72(23-20-65)47-9-11-51(54(33-47)75-53-16-28-84-41-59(53)86-63-56(75)32-46-15-21-66-60(46)69-63)62(77)70-87(81,82)49-10-12-52(55(34-49)76(79)80)67-37-44-13-17-64(4,78)18-14-44/h5-12,15,21,31-34,38,42,44,48,53,57,59,67,78H,13-14,16-20,22-30,35-37,39-41H2,1-4H3,(H,66,69)(H,70,77)/t44?,53-,57-,59-,64?/m0/s1. The Labute approximate surface area is 508 Å². The highest BCUT2D eigenvalue weighted by molar-refractivity contribution is 7.90. The number of hydrogen-bond acceptors (Lipinski definition) is 18. The van der Waals surface area contributed by atoms with Gasteiger partial charge in [0.25, 0.3) is 21.6 Å². The van der Waals surface area contributed by atoms with Gasteiger partial charge in [-0.05, 0) is 162 Å². The lowest BCUT2D eigenvalue weighted by Crippen LogP contribution is -2.59. The van der Waals surface area contributed by atoms with Gasteiger partial charge in [0.1, 0.15) is 23.1 Å². The fourth-order valence-corrected chi connectivity index (χ4v) is 15.7. The van der Waals surface area contributed by atoms with Gasteiger partial charge in [0.2, 0.25) is 5.88 Å². The molecule has 4 saturated heterocycles. The molecule has 462 valence electrons. The van der Waals surface area contributed by atoms with Crippen molar-refractivity contribution in [2.45, 2.75) is 133 Å². The van der Waals surface area contributed by atoms with Gasteiger partial charge in [0.05, 0.1) is 58.6 Å². The lowest BCUT2D eigenvalue weighted by Gasteiger charge is -2.58. The number of aryl methyl sites for hydroxylation is 1. The van der Waals surface area contributed by atoms with E-state index in [9.17, 15) is 28.4 Å². The van der Waals surface area contributed by atoms with E-state index < -0.39 is 43.1 Å². The first kappa shape index (κ1) is 58.9. The predicted molar refractivity (Wildman–Crippen MR) is 333 cm³/mol. The molecule has 3 aromatic carbocycles. The van der Waals surface area contributed by atoms with Gasteiger partial charge in [-0.2, -0.15) is 4.98 Å². The average molecular weight is 1210 g/mol. The number of hydrogen-bond donors (Lipinski definition) is 4. The molecule has 2 saturated carbocycles. The van der Waals surface area contributed by atoms with Crippen molar-refractivity contribution >= 4 is 61.2 Å². The fraction of sp³-hybridized carbons (Fsp3) is 0.523. The van der Waals surface area contributed by atoms with Gasteiger partial charge in [0.15, 0.2) is 11.6 Å². The molecule has 0 radical (unpaired) electrons. The van der Waals surface area contributed by atoms with Crippen molar-refractivity contribution in [2.75, 3.05) is 98.8 Å². The molecule has 22 heteroatoms. The van der Waals surface area contributed by atoms with Crippen LogP contribution in [0, 0.1) is 28.4 Å². The summed E-state index contributed by atoms with van der Waals surface area (Å²) in [6, 6.07) is 24.6. The van der Waals surface area contributed by atoms with Crippen molar-refractivity contribution in [3.05, 3.63) is 124 Å². The van der Waals surface area contributed by atoms with E-state index in [4.69, 9.17) is 28.9 Å². The Morgan fingerprint density at radius 3 is 2.47 bits per heavy atom. The Bertz CT molecular complexity index is 3620. The largest absolute Gasteiger partial charge is 0.487 e. The number of aliphatic hydroxyl groups is 1. The van der Waals surface area contributed by atoms with Crippen molar-refractivity contribution in [1.29, 1.82) is 0 Å². The topological polar surface area (TPSA) is 233 Å². The van der Waals surface area contributed by atoms with Crippen LogP contribution < -0.4 is 34.2 Å². The zero-order chi connectivity index (χ0) is 60.2. The molecule has 7 aliphatic rings. The minimum atomic E-state index is -4.65. The van der Waals surface area contributed by atoms with Crippen LogP contribution in [0.25, 0.3) is 11.0 Å². The lowest BCUT2D eigenvalue weighted by atomic mass is 9.59. The van der Waals surface area contributed by atoms with Crippen molar-refractivity contribution in [3.8, 4) is 11.6 Å². The summed E-state index contributed by atoms with van der Waals surface area (Å²) in [5.41, 5.74) is 5.83. The van der Waals surface area contributed by atoms with Crippen molar-refractivity contribution < 1.29 is 42.2 Å². The second-order valence-electron chi connectivity index (χ2n) is 25.9. The van der Waals surface area contributed by atoms with Gasteiger partial charge in [0, 0.05) is 107 Å². The number of benzene rings is 3. The third kappa shape index (κ3) is 12.3. The zero-order valence-electron chi connectivity index (χ0n) is 50.3. The number of H-pyrrole nitrogens is 1. The number of anilines is 5. The third-order valence-corrected chi connectivity index (χ3v) is 20.9. The molecule has 5 aliphatic heterocycles. The van der Waals surface area contributed by atoms with E-state index in [0.29, 0.717) is 81.2 Å². The highest BCUT2D eigenvalue weighted by Gasteiger charge is 2.50. The number of piperazine rings is 1. The van der Waals surface area contributed by atoms with E-state index in [1.807, 2.05) is 43.6 Å². The monoisotopic (exact) mass is 1210 g/mol. The first-order chi connectivity index (χ1) is 41.9. The molecular formula is C65H81N11O10S. The molecule has 3 aromatic heterocycles. The maximum Gasteiger partial charge on any atom is 0.293 e. The molecule has 1 spiro atoms. The molecule has 8 heterocycles. The second kappa shape index (κ2) is 24.1. The molecule has 0 bridgehead atoms. The first-order valence-electron chi connectivity index (χ1n) is 31.2. The van der Waals surface area contributed by atoms with Crippen LogP contribution in [0.15, 0.2) is 96.2 Å². The Hall–Kier alpha value is -7.08. The zero-order valence-corrected chi connectivity index (χ0v) is 51.1. The van der Waals surface area contributed by atoms with Crippen molar-refractivity contribution in [1.82, 2.24) is 29.5 Å². The van der Waals surface area contributed by atoms with E-state index in [-0.39, 0.29) is 40.8 Å². The number of amides is 1. The molecule has 0 unspecified atom stereocenters. The summed E-state index contributed by atoms with van der Waals surface area (Å²) in [5, 5.41) is 26.9. The second-order valence-corrected chi connectivity index (χ2v) is 27.6. The number of carbonyl (C=O) groups excluding carboxylic acids is 1. The maximum absolute atomic E-state index is 14.9. The summed E-state index contributed by atoms with van der Waals surface area (Å²) in [5.74, 6) is 1.38. The number of fused-ring (bicyclic) bond motifs is 3. The number of aromatic amines is 1. The smallest absolute Gasteiger partial charge is 0.293 e. The summed E-state index contributed by atoms with van der Waals surface area (Å²) in [6.45, 7) is 17.5. The summed E-state index contributed by atoms with van der Waals surface area (Å²) in [7, 11) is -4.65.